The Balaban J connectivity index is 1.42. The second kappa shape index (κ2) is 8.10. The SMILES string of the molecule is Cc1ccccc1-c1ccc(N2CCN(C(=O)c3ccccc3Br)CC2)nn1. The molecular weight excluding hydrogens is 416 g/mol. The van der Waals surface area contributed by atoms with Crippen molar-refractivity contribution in [3.8, 4) is 11.3 Å². The lowest BCUT2D eigenvalue weighted by Crippen LogP contribution is -2.49. The summed E-state index contributed by atoms with van der Waals surface area (Å²) in [6, 6.07) is 19.8. The van der Waals surface area contributed by atoms with Crippen molar-refractivity contribution in [2.75, 3.05) is 31.1 Å². The Morgan fingerprint density at radius 3 is 2.29 bits per heavy atom. The quantitative estimate of drug-likeness (QED) is 0.617. The van der Waals surface area contributed by atoms with Crippen LogP contribution in [-0.4, -0.2) is 47.2 Å². The Bertz CT molecular complexity index is 982. The zero-order chi connectivity index (χ0) is 19.5. The number of piperazine rings is 1. The van der Waals surface area contributed by atoms with Gasteiger partial charge in [0, 0.05) is 36.2 Å². The minimum absolute atomic E-state index is 0.0631. The van der Waals surface area contributed by atoms with Crippen LogP contribution in [0.5, 0.6) is 0 Å². The number of hydrogen-bond donors (Lipinski definition) is 0. The molecule has 0 atom stereocenters. The van der Waals surface area contributed by atoms with E-state index in [4.69, 9.17) is 0 Å². The Kier molecular flexibility index (Phi) is 5.39. The summed E-state index contributed by atoms with van der Waals surface area (Å²) in [4.78, 5) is 16.8. The molecule has 3 aromatic rings. The summed E-state index contributed by atoms with van der Waals surface area (Å²) in [6.07, 6.45) is 0. The molecule has 1 aliphatic rings. The van der Waals surface area contributed by atoms with Gasteiger partial charge in [0.15, 0.2) is 5.82 Å². The van der Waals surface area contributed by atoms with Crippen LogP contribution in [-0.2, 0) is 0 Å². The van der Waals surface area contributed by atoms with Crippen molar-refractivity contribution < 1.29 is 4.79 Å². The topological polar surface area (TPSA) is 49.3 Å². The van der Waals surface area contributed by atoms with E-state index in [1.165, 1.54) is 5.56 Å². The molecule has 0 saturated carbocycles. The van der Waals surface area contributed by atoms with Crippen LogP contribution < -0.4 is 4.90 Å². The molecule has 142 valence electrons. The molecule has 0 unspecified atom stereocenters. The van der Waals surface area contributed by atoms with Gasteiger partial charge in [-0.15, -0.1) is 10.2 Å². The summed E-state index contributed by atoms with van der Waals surface area (Å²) in [6.45, 7) is 4.90. The van der Waals surface area contributed by atoms with Crippen LogP contribution in [0.15, 0.2) is 65.1 Å². The number of carbonyl (C=O) groups excluding carboxylic acids is 1. The summed E-state index contributed by atoms with van der Waals surface area (Å²) in [5.41, 5.74) is 3.87. The summed E-state index contributed by atoms with van der Waals surface area (Å²) < 4.78 is 0.833. The first-order chi connectivity index (χ1) is 13.6. The third kappa shape index (κ3) is 3.78. The predicted molar refractivity (Wildman–Crippen MR) is 114 cm³/mol. The minimum Gasteiger partial charge on any atom is -0.352 e. The molecule has 2 heterocycles. The van der Waals surface area contributed by atoms with Gasteiger partial charge in [-0.3, -0.25) is 4.79 Å². The number of anilines is 1. The smallest absolute Gasteiger partial charge is 0.255 e. The van der Waals surface area contributed by atoms with Crippen molar-refractivity contribution in [1.29, 1.82) is 0 Å². The first kappa shape index (κ1) is 18.6. The van der Waals surface area contributed by atoms with E-state index >= 15 is 0 Å². The third-order valence-electron chi connectivity index (χ3n) is 5.07. The highest BCUT2D eigenvalue weighted by molar-refractivity contribution is 9.10. The molecule has 1 fully saturated rings. The van der Waals surface area contributed by atoms with E-state index in [1.54, 1.807) is 0 Å². The molecule has 0 spiro atoms. The van der Waals surface area contributed by atoms with Crippen molar-refractivity contribution >= 4 is 27.7 Å². The summed E-state index contributed by atoms with van der Waals surface area (Å²) in [5, 5.41) is 8.85. The largest absolute Gasteiger partial charge is 0.352 e. The van der Waals surface area contributed by atoms with Crippen molar-refractivity contribution in [1.82, 2.24) is 15.1 Å². The summed E-state index contributed by atoms with van der Waals surface area (Å²) in [7, 11) is 0. The standard InChI is InChI=1S/C22H21BrN4O/c1-16-6-2-3-7-17(16)20-10-11-21(25-24-20)26-12-14-27(15-13-26)22(28)18-8-4-5-9-19(18)23/h2-11H,12-15H2,1H3. The van der Waals surface area contributed by atoms with Crippen molar-refractivity contribution in [3.63, 3.8) is 0 Å². The first-order valence-electron chi connectivity index (χ1n) is 9.32. The van der Waals surface area contributed by atoms with Crippen LogP contribution in [0.4, 0.5) is 5.82 Å². The van der Waals surface area contributed by atoms with Crippen molar-refractivity contribution in [2.24, 2.45) is 0 Å². The van der Waals surface area contributed by atoms with E-state index in [0.29, 0.717) is 18.7 Å². The number of hydrogen-bond acceptors (Lipinski definition) is 4. The summed E-state index contributed by atoms with van der Waals surface area (Å²) in [5.74, 6) is 0.915. The van der Waals surface area contributed by atoms with Gasteiger partial charge in [-0.1, -0.05) is 36.4 Å². The minimum atomic E-state index is 0.0631. The van der Waals surface area contributed by atoms with E-state index < -0.39 is 0 Å². The highest BCUT2D eigenvalue weighted by atomic mass is 79.9. The van der Waals surface area contributed by atoms with E-state index in [2.05, 4.69) is 50.1 Å². The van der Waals surface area contributed by atoms with Crippen LogP contribution in [0.25, 0.3) is 11.3 Å². The van der Waals surface area contributed by atoms with Gasteiger partial charge in [0.05, 0.1) is 11.3 Å². The molecule has 4 rings (SSSR count). The van der Waals surface area contributed by atoms with Crippen LogP contribution in [0.2, 0.25) is 0 Å². The maximum atomic E-state index is 12.7. The lowest BCUT2D eigenvalue weighted by atomic mass is 10.1. The number of carbonyl (C=O) groups is 1. The van der Waals surface area contributed by atoms with E-state index in [9.17, 15) is 4.79 Å². The van der Waals surface area contributed by atoms with Crippen LogP contribution in [0, 0.1) is 6.92 Å². The number of rotatable bonds is 3. The average molecular weight is 437 g/mol. The Morgan fingerprint density at radius 2 is 1.61 bits per heavy atom. The zero-order valence-electron chi connectivity index (χ0n) is 15.7. The second-order valence-corrected chi connectivity index (χ2v) is 7.71. The van der Waals surface area contributed by atoms with Gasteiger partial charge in [0.25, 0.3) is 5.91 Å². The molecule has 1 saturated heterocycles. The van der Waals surface area contributed by atoms with Gasteiger partial charge < -0.3 is 9.80 Å². The van der Waals surface area contributed by atoms with Crippen LogP contribution >= 0.6 is 15.9 Å². The highest BCUT2D eigenvalue weighted by Crippen LogP contribution is 2.23. The Labute approximate surface area is 173 Å². The maximum absolute atomic E-state index is 12.7. The third-order valence-corrected chi connectivity index (χ3v) is 5.76. The van der Waals surface area contributed by atoms with E-state index in [-0.39, 0.29) is 5.91 Å². The fraction of sp³-hybridized carbons (Fsp3) is 0.227. The highest BCUT2D eigenvalue weighted by Gasteiger charge is 2.24. The molecule has 5 nitrogen and oxygen atoms in total. The Hall–Kier alpha value is -2.73. The fourth-order valence-corrected chi connectivity index (χ4v) is 3.90. The number of nitrogens with zero attached hydrogens (tertiary/aromatic N) is 4. The van der Waals surface area contributed by atoms with Gasteiger partial charge >= 0.3 is 0 Å². The number of benzene rings is 2. The van der Waals surface area contributed by atoms with Gasteiger partial charge in [-0.2, -0.15) is 0 Å². The molecule has 0 aliphatic carbocycles. The normalized spacial score (nSPS) is 14.2. The van der Waals surface area contributed by atoms with Crippen molar-refractivity contribution in [3.05, 3.63) is 76.3 Å². The molecule has 6 heteroatoms. The fourth-order valence-electron chi connectivity index (χ4n) is 3.44. The van der Waals surface area contributed by atoms with Crippen molar-refractivity contribution in [2.45, 2.75) is 6.92 Å². The molecule has 1 aromatic heterocycles. The average Bonchev–Trinajstić information content (AvgIpc) is 2.74. The molecule has 0 radical (unpaired) electrons. The van der Waals surface area contributed by atoms with Crippen LogP contribution in [0.1, 0.15) is 15.9 Å². The summed E-state index contributed by atoms with van der Waals surface area (Å²) >= 11 is 3.47. The van der Waals surface area contributed by atoms with Crippen LogP contribution in [0.3, 0.4) is 0 Å². The number of halogens is 1. The molecule has 0 N–H and O–H groups in total. The lowest BCUT2D eigenvalue weighted by molar-refractivity contribution is 0.0745. The van der Waals surface area contributed by atoms with Gasteiger partial charge in [-0.05, 0) is 52.7 Å². The molecule has 0 bridgehead atoms. The van der Waals surface area contributed by atoms with Gasteiger partial charge in [0.2, 0.25) is 0 Å². The maximum Gasteiger partial charge on any atom is 0.255 e. The second-order valence-electron chi connectivity index (χ2n) is 6.85. The molecule has 1 aliphatic heterocycles. The molecule has 2 aromatic carbocycles. The molecular formula is C22H21BrN4O. The first-order valence-corrected chi connectivity index (χ1v) is 10.1. The Morgan fingerprint density at radius 1 is 0.893 bits per heavy atom. The number of aryl methyl sites for hydroxylation is 1. The molecule has 28 heavy (non-hydrogen) atoms. The molecule has 1 amide bonds. The van der Waals surface area contributed by atoms with Gasteiger partial charge in [-0.25, -0.2) is 0 Å². The van der Waals surface area contributed by atoms with E-state index in [0.717, 1.165) is 34.6 Å². The number of aromatic nitrogens is 2. The predicted octanol–water partition coefficient (Wildman–Crippen LogP) is 4.18. The zero-order valence-corrected chi connectivity index (χ0v) is 17.3. The lowest BCUT2D eigenvalue weighted by Gasteiger charge is -2.35. The monoisotopic (exact) mass is 436 g/mol. The van der Waals surface area contributed by atoms with E-state index in [1.807, 2.05) is 53.4 Å². The van der Waals surface area contributed by atoms with Gasteiger partial charge in [0.1, 0.15) is 0 Å². The number of amides is 1.